The van der Waals surface area contributed by atoms with E-state index in [1.165, 1.54) is 20.0 Å². The molecule has 0 amide bonds. The van der Waals surface area contributed by atoms with E-state index < -0.39 is 46.8 Å². The maximum absolute atomic E-state index is 12.4. The quantitative estimate of drug-likeness (QED) is 0.588. The van der Waals surface area contributed by atoms with Gasteiger partial charge in [-0.2, -0.15) is 9.83 Å². The molecule has 11 nitrogen and oxygen atoms in total. The molecule has 2 aromatic heterocycles. The maximum atomic E-state index is 12.4. The number of fused-ring (bicyclic) bond motifs is 1. The van der Waals surface area contributed by atoms with E-state index in [2.05, 4.69) is 0 Å². The van der Waals surface area contributed by atoms with Gasteiger partial charge in [0.2, 0.25) is 0 Å². The predicted molar refractivity (Wildman–Crippen MR) is 76.5 cm³/mol. The Morgan fingerprint density at radius 2 is 1.30 bits per heavy atom. The normalized spacial score (nSPS) is 15.3. The maximum Gasteiger partial charge on any atom is 0.346 e. The van der Waals surface area contributed by atoms with Gasteiger partial charge in [-0.15, -0.1) is 0 Å². The Balaban J connectivity index is 3.34. The highest BCUT2D eigenvalue weighted by Gasteiger charge is 2.27. The van der Waals surface area contributed by atoms with Gasteiger partial charge in [0.15, 0.2) is 17.4 Å². The fraction of sp³-hybridized carbons (Fsp3) is 0.500. The lowest BCUT2D eigenvalue weighted by Crippen LogP contribution is -2.43. The smallest absolute Gasteiger partial charge is 0.346 e. The molecule has 0 bridgehead atoms. The summed E-state index contributed by atoms with van der Waals surface area (Å²) in [6, 6.07) is 0. The second kappa shape index (κ2) is 5.51. The standard InChI is InChI=1S/C12H15N5O6/c1-5(18)15-9-8(14(4-13)11(15)22)10(21)17(7(3)20)12(23)16(9)6(2)19/h5-7,18-20H,1-3H3. The molecule has 23 heavy (non-hydrogen) atoms. The number of nitrogens with zero attached hydrogens (tertiary/aromatic N) is 5. The first-order valence-corrected chi connectivity index (χ1v) is 6.63. The number of imidazole rings is 1. The molecule has 0 saturated carbocycles. The number of hydrogen-bond donors (Lipinski definition) is 3. The summed E-state index contributed by atoms with van der Waals surface area (Å²) < 4.78 is 2.07. The summed E-state index contributed by atoms with van der Waals surface area (Å²) in [6.45, 7) is 3.53. The molecule has 2 heterocycles. The lowest BCUT2D eigenvalue weighted by Gasteiger charge is -2.17. The number of aliphatic hydroxyl groups excluding tert-OH is 3. The van der Waals surface area contributed by atoms with Crippen molar-refractivity contribution >= 4 is 11.2 Å². The van der Waals surface area contributed by atoms with Gasteiger partial charge < -0.3 is 15.3 Å². The van der Waals surface area contributed by atoms with Crippen molar-refractivity contribution in [2.24, 2.45) is 0 Å². The summed E-state index contributed by atoms with van der Waals surface area (Å²) in [6.07, 6.45) is -3.03. The van der Waals surface area contributed by atoms with Gasteiger partial charge in [0.05, 0.1) is 0 Å². The summed E-state index contributed by atoms with van der Waals surface area (Å²) in [5, 5.41) is 38.4. The Morgan fingerprint density at radius 3 is 1.70 bits per heavy atom. The van der Waals surface area contributed by atoms with Crippen LogP contribution in [0.1, 0.15) is 39.5 Å². The topological polar surface area (TPSA) is 155 Å². The second-order valence-electron chi connectivity index (χ2n) is 4.98. The van der Waals surface area contributed by atoms with Crippen molar-refractivity contribution in [2.75, 3.05) is 0 Å². The molecule has 0 radical (unpaired) electrons. The number of rotatable bonds is 3. The largest absolute Gasteiger partial charge is 0.373 e. The van der Waals surface area contributed by atoms with Crippen LogP contribution < -0.4 is 16.9 Å². The van der Waals surface area contributed by atoms with E-state index >= 15 is 0 Å². The first-order chi connectivity index (χ1) is 10.6. The predicted octanol–water partition coefficient (Wildman–Crippen LogP) is -2.01. The highest BCUT2D eigenvalue weighted by Crippen LogP contribution is 2.15. The van der Waals surface area contributed by atoms with Crippen LogP contribution in [0.15, 0.2) is 14.4 Å². The van der Waals surface area contributed by atoms with Crippen LogP contribution in [0, 0.1) is 11.5 Å². The highest BCUT2D eigenvalue weighted by atomic mass is 16.3. The van der Waals surface area contributed by atoms with E-state index in [9.17, 15) is 29.7 Å². The van der Waals surface area contributed by atoms with Crippen molar-refractivity contribution in [3.63, 3.8) is 0 Å². The van der Waals surface area contributed by atoms with Crippen LogP contribution >= 0.6 is 0 Å². The molecule has 0 spiro atoms. The minimum absolute atomic E-state index is 0.390. The van der Waals surface area contributed by atoms with Crippen molar-refractivity contribution in [2.45, 2.75) is 39.5 Å². The Morgan fingerprint density at radius 1 is 0.870 bits per heavy atom. The molecule has 0 aromatic carbocycles. The van der Waals surface area contributed by atoms with Crippen LogP contribution in [0.3, 0.4) is 0 Å². The SMILES string of the molecule is CC(O)n1c(=O)c2c(n(C(C)O)c1=O)n(C(C)O)c(=O)n2C#N. The van der Waals surface area contributed by atoms with Crippen LogP contribution in [0.5, 0.6) is 0 Å². The third kappa shape index (κ3) is 2.20. The average Bonchev–Trinajstić information content (AvgIpc) is 2.70. The second-order valence-corrected chi connectivity index (χ2v) is 4.98. The van der Waals surface area contributed by atoms with E-state index in [4.69, 9.17) is 5.26 Å². The van der Waals surface area contributed by atoms with Gasteiger partial charge in [-0.05, 0) is 20.8 Å². The fourth-order valence-electron chi connectivity index (χ4n) is 2.43. The molecule has 3 unspecified atom stereocenters. The van der Waals surface area contributed by atoms with Crippen LogP contribution in [0.4, 0.5) is 0 Å². The number of nitriles is 1. The van der Waals surface area contributed by atoms with E-state index in [0.29, 0.717) is 18.3 Å². The van der Waals surface area contributed by atoms with E-state index in [0.717, 1.165) is 6.92 Å². The first-order valence-electron chi connectivity index (χ1n) is 6.63. The molecule has 124 valence electrons. The summed E-state index contributed by atoms with van der Waals surface area (Å²) in [5.41, 5.74) is -4.16. The highest BCUT2D eigenvalue weighted by molar-refractivity contribution is 5.72. The average molecular weight is 325 g/mol. The third-order valence-corrected chi connectivity index (χ3v) is 3.34. The summed E-state index contributed by atoms with van der Waals surface area (Å²) in [7, 11) is 0. The van der Waals surface area contributed by atoms with E-state index in [1.807, 2.05) is 0 Å². The van der Waals surface area contributed by atoms with Crippen molar-refractivity contribution in [1.29, 1.82) is 5.26 Å². The molecular weight excluding hydrogens is 310 g/mol. The van der Waals surface area contributed by atoms with Crippen molar-refractivity contribution in [1.82, 2.24) is 18.3 Å². The van der Waals surface area contributed by atoms with E-state index in [1.54, 1.807) is 0 Å². The van der Waals surface area contributed by atoms with Gasteiger partial charge in [-0.25, -0.2) is 18.7 Å². The Labute approximate surface area is 128 Å². The monoisotopic (exact) mass is 325 g/mol. The lowest BCUT2D eigenvalue weighted by atomic mass is 10.4. The Hall–Kier alpha value is -2.68. The Bertz CT molecular complexity index is 981. The lowest BCUT2D eigenvalue weighted by molar-refractivity contribution is 0.0905. The summed E-state index contributed by atoms with van der Waals surface area (Å²) in [5.74, 6) is 0. The van der Waals surface area contributed by atoms with Gasteiger partial charge >= 0.3 is 11.4 Å². The fourth-order valence-corrected chi connectivity index (χ4v) is 2.43. The van der Waals surface area contributed by atoms with Gasteiger partial charge in [0.25, 0.3) is 5.56 Å². The van der Waals surface area contributed by atoms with Crippen molar-refractivity contribution < 1.29 is 15.3 Å². The molecular formula is C12H15N5O6. The molecule has 0 fully saturated rings. The number of aromatic nitrogens is 4. The zero-order valence-corrected chi connectivity index (χ0v) is 12.5. The molecule has 2 rings (SSSR count). The zero-order valence-electron chi connectivity index (χ0n) is 12.5. The van der Waals surface area contributed by atoms with Crippen LogP contribution in [-0.4, -0.2) is 33.6 Å². The van der Waals surface area contributed by atoms with Gasteiger partial charge in [0.1, 0.15) is 18.7 Å². The Kier molecular flexibility index (Phi) is 3.99. The number of hydrogen-bond acceptors (Lipinski definition) is 7. The van der Waals surface area contributed by atoms with Gasteiger partial charge in [0, 0.05) is 0 Å². The molecule has 3 N–H and O–H groups in total. The van der Waals surface area contributed by atoms with Crippen LogP contribution in [-0.2, 0) is 0 Å². The third-order valence-electron chi connectivity index (χ3n) is 3.34. The van der Waals surface area contributed by atoms with Crippen LogP contribution in [0.2, 0.25) is 0 Å². The van der Waals surface area contributed by atoms with Gasteiger partial charge in [-0.1, -0.05) is 0 Å². The summed E-state index contributed by atoms with van der Waals surface area (Å²) in [4.78, 5) is 37.0. The van der Waals surface area contributed by atoms with Crippen molar-refractivity contribution in [3.8, 4) is 6.19 Å². The molecule has 0 aliphatic carbocycles. The van der Waals surface area contributed by atoms with Gasteiger partial charge in [-0.3, -0.25) is 9.36 Å². The number of aliphatic hydroxyl groups is 3. The minimum atomic E-state index is -1.55. The first kappa shape index (κ1) is 16.7. The molecule has 2 aromatic rings. The van der Waals surface area contributed by atoms with Crippen LogP contribution in [0.25, 0.3) is 11.2 Å². The molecule has 3 atom stereocenters. The molecule has 0 aliphatic rings. The minimum Gasteiger partial charge on any atom is -0.373 e. The summed E-state index contributed by atoms with van der Waals surface area (Å²) >= 11 is 0. The molecule has 11 heteroatoms. The molecule has 0 saturated heterocycles. The van der Waals surface area contributed by atoms with E-state index in [-0.39, 0.29) is 0 Å². The van der Waals surface area contributed by atoms with Crippen molar-refractivity contribution in [3.05, 3.63) is 31.3 Å². The zero-order chi connectivity index (χ0) is 17.6. The molecule has 0 aliphatic heterocycles.